The molecule has 2 amide bonds. The molecule has 0 saturated carbocycles. The van der Waals surface area contributed by atoms with E-state index < -0.39 is 0 Å². The summed E-state index contributed by atoms with van der Waals surface area (Å²) in [5.74, 6) is 0.0226. The predicted octanol–water partition coefficient (Wildman–Crippen LogP) is 4.18. The van der Waals surface area contributed by atoms with Crippen LogP contribution in [0.1, 0.15) is 64.5 Å². The molecule has 134 valence electrons. The minimum atomic E-state index is -0.0210. The van der Waals surface area contributed by atoms with Crippen molar-refractivity contribution in [1.29, 1.82) is 0 Å². The molecule has 4 heteroatoms. The van der Waals surface area contributed by atoms with Gasteiger partial charge in [-0.3, -0.25) is 9.59 Å². The number of carbonyl (C=O) groups excluding carboxylic acids is 2. The van der Waals surface area contributed by atoms with Crippen LogP contribution in [0.4, 0.5) is 5.69 Å². The average Bonchev–Trinajstić information content (AvgIpc) is 2.57. The van der Waals surface area contributed by atoms with E-state index in [1.54, 1.807) is 11.8 Å². The van der Waals surface area contributed by atoms with E-state index in [-0.39, 0.29) is 11.8 Å². The third kappa shape index (κ3) is 6.34. The predicted molar refractivity (Wildman–Crippen MR) is 100 cm³/mol. The van der Waals surface area contributed by atoms with Crippen molar-refractivity contribution in [1.82, 2.24) is 4.90 Å². The number of unbranched alkanes of at least 4 members (excludes halogenated alkanes) is 2. The number of aryl methyl sites for hydroxylation is 2. The van der Waals surface area contributed by atoms with Crippen molar-refractivity contribution in [3.63, 3.8) is 0 Å². The molecule has 0 unspecified atom stereocenters. The number of nitrogens with zero attached hydrogens (tertiary/aromatic N) is 1. The van der Waals surface area contributed by atoms with Crippen molar-refractivity contribution in [3.05, 3.63) is 29.3 Å². The molecule has 0 atom stereocenters. The molecular formula is C20H32N2O2. The second kappa shape index (κ2) is 10.8. The molecule has 4 nitrogen and oxygen atoms in total. The number of para-hydroxylation sites is 1. The van der Waals surface area contributed by atoms with Crippen molar-refractivity contribution < 1.29 is 9.59 Å². The quantitative estimate of drug-likeness (QED) is 0.654. The monoisotopic (exact) mass is 332 g/mol. The summed E-state index contributed by atoms with van der Waals surface area (Å²) in [5.41, 5.74) is 3.27. The Morgan fingerprint density at radius 3 is 2.12 bits per heavy atom. The van der Waals surface area contributed by atoms with Crippen LogP contribution in [0.25, 0.3) is 0 Å². The minimum absolute atomic E-state index is 0.0210. The maximum atomic E-state index is 12.4. The highest BCUT2D eigenvalue weighted by Gasteiger charge is 2.13. The molecule has 0 radical (unpaired) electrons. The van der Waals surface area contributed by atoms with Crippen molar-refractivity contribution in [3.8, 4) is 0 Å². The Morgan fingerprint density at radius 2 is 1.62 bits per heavy atom. The first-order valence-electron chi connectivity index (χ1n) is 9.19. The van der Waals surface area contributed by atoms with Gasteiger partial charge >= 0.3 is 0 Å². The lowest BCUT2D eigenvalue weighted by Gasteiger charge is -2.21. The summed E-state index contributed by atoms with van der Waals surface area (Å²) < 4.78 is 0. The van der Waals surface area contributed by atoms with Crippen LogP contribution in [0.3, 0.4) is 0 Å². The fourth-order valence-electron chi connectivity index (χ4n) is 2.82. The van der Waals surface area contributed by atoms with Gasteiger partial charge in [-0.2, -0.15) is 0 Å². The Bertz CT molecular complexity index is 518. The van der Waals surface area contributed by atoms with E-state index in [4.69, 9.17) is 0 Å². The molecular weight excluding hydrogens is 300 g/mol. The fraction of sp³-hybridized carbons (Fsp3) is 0.600. The Labute approximate surface area is 146 Å². The van der Waals surface area contributed by atoms with Crippen molar-refractivity contribution in [2.75, 3.05) is 18.4 Å². The summed E-state index contributed by atoms with van der Waals surface area (Å²) in [6.07, 6.45) is 5.35. The summed E-state index contributed by atoms with van der Waals surface area (Å²) in [7, 11) is 0. The van der Waals surface area contributed by atoms with Gasteiger partial charge in [0, 0.05) is 32.1 Å². The van der Waals surface area contributed by atoms with E-state index in [1.807, 2.05) is 6.07 Å². The average molecular weight is 332 g/mol. The number of anilines is 1. The van der Waals surface area contributed by atoms with Gasteiger partial charge in [-0.15, -0.1) is 0 Å². The first kappa shape index (κ1) is 20.2. The summed E-state index contributed by atoms with van der Waals surface area (Å²) in [6, 6.07) is 6.15. The number of carbonyl (C=O) groups is 2. The summed E-state index contributed by atoms with van der Waals surface area (Å²) in [4.78, 5) is 25.8. The SMILES string of the molecule is CCCCCN(CCC(=O)Nc1c(CC)cccc1CC)C(C)=O. The largest absolute Gasteiger partial charge is 0.342 e. The van der Waals surface area contributed by atoms with Crippen molar-refractivity contribution in [2.45, 2.75) is 66.2 Å². The van der Waals surface area contributed by atoms with E-state index in [9.17, 15) is 9.59 Å². The second-order valence-corrected chi connectivity index (χ2v) is 6.17. The van der Waals surface area contributed by atoms with Crippen LogP contribution in [0.15, 0.2) is 18.2 Å². The van der Waals surface area contributed by atoms with Crippen molar-refractivity contribution >= 4 is 17.5 Å². The minimum Gasteiger partial charge on any atom is -0.342 e. The lowest BCUT2D eigenvalue weighted by Crippen LogP contribution is -2.33. The smallest absolute Gasteiger partial charge is 0.226 e. The maximum Gasteiger partial charge on any atom is 0.226 e. The van der Waals surface area contributed by atoms with Crippen LogP contribution >= 0.6 is 0 Å². The molecule has 0 saturated heterocycles. The molecule has 1 rings (SSSR count). The summed E-state index contributed by atoms with van der Waals surface area (Å²) in [5, 5.41) is 3.07. The Hall–Kier alpha value is -1.84. The number of rotatable bonds is 10. The van der Waals surface area contributed by atoms with Gasteiger partial charge in [0.2, 0.25) is 11.8 Å². The standard InChI is InChI=1S/C20H32N2O2/c1-5-8-9-14-22(16(4)23)15-13-19(24)21-20-17(6-2)11-10-12-18(20)7-3/h10-12H,5-9,13-15H2,1-4H3,(H,21,24). The molecule has 1 N–H and O–H groups in total. The molecule has 0 aliphatic rings. The van der Waals surface area contributed by atoms with Crippen LogP contribution in [-0.4, -0.2) is 29.8 Å². The topological polar surface area (TPSA) is 49.4 Å². The van der Waals surface area contributed by atoms with Crippen LogP contribution < -0.4 is 5.32 Å². The first-order chi connectivity index (χ1) is 11.5. The molecule has 1 aromatic rings. The Kier molecular flexibility index (Phi) is 9.13. The number of benzene rings is 1. The lowest BCUT2D eigenvalue weighted by molar-refractivity contribution is -0.129. The number of hydrogen-bond donors (Lipinski definition) is 1. The Balaban J connectivity index is 2.64. The van der Waals surface area contributed by atoms with Gasteiger partial charge in [0.1, 0.15) is 0 Å². The van der Waals surface area contributed by atoms with E-state index in [0.717, 1.165) is 55.5 Å². The molecule has 0 fully saturated rings. The maximum absolute atomic E-state index is 12.4. The number of hydrogen-bond acceptors (Lipinski definition) is 2. The normalized spacial score (nSPS) is 10.5. The molecule has 0 aliphatic heterocycles. The molecule has 0 spiro atoms. The van der Waals surface area contributed by atoms with Gasteiger partial charge in [0.05, 0.1) is 0 Å². The molecule has 0 aliphatic carbocycles. The molecule has 1 aromatic carbocycles. The molecule has 0 heterocycles. The van der Waals surface area contributed by atoms with Crippen LogP contribution in [0.5, 0.6) is 0 Å². The summed E-state index contributed by atoms with van der Waals surface area (Å²) in [6.45, 7) is 9.13. The lowest BCUT2D eigenvalue weighted by atomic mass is 10.0. The van der Waals surface area contributed by atoms with Crippen LogP contribution in [0, 0.1) is 0 Å². The molecule has 0 aromatic heterocycles. The number of nitrogens with one attached hydrogen (secondary N) is 1. The summed E-state index contributed by atoms with van der Waals surface area (Å²) >= 11 is 0. The fourth-order valence-corrected chi connectivity index (χ4v) is 2.82. The van der Waals surface area contributed by atoms with Crippen molar-refractivity contribution in [2.24, 2.45) is 0 Å². The van der Waals surface area contributed by atoms with Gasteiger partial charge in [0.25, 0.3) is 0 Å². The zero-order valence-corrected chi connectivity index (χ0v) is 15.7. The van der Waals surface area contributed by atoms with E-state index in [2.05, 4.69) is 38.2 Å². The third-order valence-corrected chi connectivity index (χ3v) is 4.35. The zero-order chi connectivity index (χ0) is 17.9. The molecule has 24 heavy (non-hydrogen) atoms. The van der Waals surface area contributed by atoms with Gasteiger partial charge in [-0.1, -0.05) is 51.8 Å². The zero-order valence-electron chi connectivity index (χ0n) is 15.7. The van der Waals surface area contributed by atoms with Gasteiger partial charge in [-0.25, -0.2) is 0 Å². The molecule has 0 bridgehead atoms. The van der Waals surface area contributed by atoms with Gasteiger partial charge < -0.3 is 10.2 Å². The first-order valence-corrected chi connectivity index (χ1v) is 9.19. The number of amides is 2. The Morgan fingerprint density at radius 1 is 1.00 bits per heavy atom. The highest BCUT2D eigenvalue weighted by Crippen LogP contribution is 2.22. The van der Waals surface area contributed by atoms with Crippen LogP contribution in [0.2, 0.25) is 0 Å². The van der Waals surface area contributed by atoms with E-state index in [0.29, 0.717) is 13.0 Å². The highest BCUT2D eigenvalue weighted by atomic mass is 16.2. The van der Waals surface area contributed by atoms with Gasteiger partial charge in [-0.05, 0) is 30.4 Å². The van der Waals surface area contributed by atoms with E-state index >= 15 is 0 Å². The highest BCUT2D eigenvalue weighted by molar-refractivity contribution is 5.92. The van der Waals surface area contributed by atoms with E-state index in [1.165, 1.54) is 0 Å². The van der Waals surface area contributed by atoms with Crippen LogP contribution in [-0.2, 0) is 22.4 Å². The second-order valence-electron chi connectivity index (χ2n) is 6.17. The van der Waals surface area contributed by atoms with Gasteiger partial charge in [0.15, 0.2) is 0 Å². The third-order valence-electron chi connectivity index (χ3n) is 4.35.